The molecule has 0 radical (unpaired) electrons. The molecule has 1 aromatic carbocycles. The predicted octanol–water partition coefficient (Wildman–Crippen LogP) is 1.96. The predicted molar refractivity (Wildman–Crippen MR) is 108 cm³/mol. The Balaban J connectivity index is 1.43. The molecule has 0 spiro atoms. The van der Waals surface area contributed by atoms with E-state index in [1.165, 1.54) is 12.8 Å². The fraction of sp³-hybridized carbons (Fsp3) is 0.571. The second-order valence-corrected chi connectivity index (χ2v) is 8.09. The first-order chi connectivity index (χ1) is 13.5. The molecular formula is C21H29N5O2. The molecule has 1 saturated heterocycles. The Bertz CT molecular complexity index is 871. The normalized spacial score (nSPS) is 21.2. The monoisotopic (exact) mass is 383 g/mol. The number of aryl methyl sites for hydroxylation is 1. The molecule has 2 heterocycles. The molecule has 1 aliphatic heterocycles. The molecule has 1 atom stereocenters. The maximum Gasteiger partial charge on any atom is 0.237 e. The van der Waals surface area contributed by atoms with Crippen LogP contribution in [0.5, 0.6) is 0 Å². The number of aromatic nitrogens is 2. The van der Waals surface area contributed by atoms with Gasteiger partial charge in [-0.15, -0.1) is 0 Å². The van der Waals surface area contributed by atoms with Crippen molar-refractivity contribution in [3.63, 3.8) is 0 Å². The lowest BCUT2D eigenvalue weighted by atomic mass is 10.0. The van der Waals surface area contributed by atoms with Gasteiger partial charge in [-0.3, -0.25) is 14.5 Å². The first-order valence-corrected chi connectivity index (χ1v) is 10.2. The molecule has 4 rings (SSSR count). The van der Waals surface area contributed by atoms with Crippen molar-refractivity contribution in [2.75, 3.05) is 20.1 Å². The summed E-state index contributed by atoms with van der Waals surface area (Å²) < 4.78 is 0. The van der Waals surface area contributed by atoms with E-state index >= 15 is 0 Å². The van der Waals surface area contributed by atoms with E-state index in [1.807, 2.05) is 25.1 Å². The van der Waals surface area contributed by atoms with Crippen LogP contribution in [0.25, 0.3) is 11.0 Å². The maximum absolute atomic E-state index is 12.9. The van der Waals surface area contributed by atoms with E-state index < -0.39 is 0 Å². The Labute approximate surface area is 165 Å². The number of H-pyrrole nitrogens is 1. The van der Waals surface area contributed by atoms with Crippen LogP contribution in [0.3, 0.4) is 0 Å². The second kappa shape index (κ2) is 7.91. The summed E-state index contributed by atoms with van der Waals surface area (Å²) in [7, 11) is 1.78. The highest BCUT2D eigenvalue weighted by atomic mass is 16.2. The van der Waals surface area contributed by atoms with Gasteiger partial charge in [-0.1, -0.05) is 25.0 Å². The summed E-state index contributed by atoms with van der Waals surface area (Å²) in [6.45, 7) is 3.95. The highest BCUT2D eigenvalue weighted by Crippen LogP contribution is 2.27. The molecule has 0 bridgehead atoms. The van der Waals surface area contributed by atoms with E-state index in [4.69, 9.17) is 0 Å². The van der Waals surface area contributed by atoms with Gasteiger partial charge in [0.05, 0.1) is 30.0 Å². The third kappa shape index (κ3) is 3.76. The molecule has 0 unspecified atom stereocenters. The van der Waals surface area contributed by atoms with Crippen molar-refractivity contribution in [3.8, 4) is 0 Å². The minimum atomic E-state index is -0.357. The number of piperazine rings is 1. The third-order valence-electron chi connectivity index (χ3n) is 6.11. The van der Waals surface area contributed by atoms with E-state index in [2.05, 4.69) is 20.2 Å². The topological polar surface area (TPSA) is 81.3 Å². The molecule has 7 heteroatoms. The second-order valence-electron chi connectivity index (χ2n) is 8.09. The summed E-state index contributed by atoms with van der Waals surface area (Å²) in [5.74, 6) is 0.724. The maximum atomic E-state index is 12.9. The molecule has 2 N–H and O–H groups in total. The molecule has 28 heavy (non-hydrogen) atoms. The van der Waals surface area contributed by atoms with E-state index in [-0.39, 0.29) is 24.3 Å². The molecule has 1 aliphatic carbocycles. The van der Waals surface area contributed by atoms with Gasteiger partial charge in [0.1, 0.15) is 5.82 Å². The van der Waals surface area contributed by atoms with Crippen molar-refractivity contribution in [2.45, 2.75) is 57.7 Å². The number of nitrogens with one attached hydrogen (secondary N) is 2. The van der Waals surface area contributed by atoms with Crippen LogP contribution < -0.4 is 5.32 Å². The van der Waals surface area contributed by atoms with Crippen LogP contribution in [-0.4, -0.2) is 63.8 Å². The standard InChI is InChI=1S/C21H29N5O2/c1-14-6-5-9-16-20(14)24-18(23-16)13-25(2)19(27)12-17-21(28)22-10-11-26(17)15-7-3-4-8-15/h5-6,9,15,17H,3-4,7-8,10-13H2,1-2H3,(H,22,28)(H,23,24)/t17-/m1/s1. The Morgan fingerprint density at radius 1 is 1.32 bits per heavy atom. The van der Waals surface area contributed by atoms with Crippen molar-refractivity contribution in [1.82, 2.24) is 25.1 Å². The fourth-order valence-corrected chi connectivity index (χ4v) is 4.55. The zero-order valence-corrected chi connectivity index (χ0v) is 16.7. The zero-order chi connectivity index (χ0) is 19.7. The van der Waals surface area contributed by atoms with E-state index in [9.17, 15) is 9.59 Å². The number of hydrogen-bond acceptors (Lipinski definition) is 4. The van der Waals surface area contributed by atoms with E-state index in [0.717, 1.165) is 41.8 Å². The minimum Gasteiger partial charge on any atom is -0.353 e. The SMILES string of the molecule is Cc1cccc2[nH]c(CN(C)C(=O)C[C@@H]3C(=O)NCCN3C3CCCC3)nc12. The Kier molecular flexibility index (Phi) is 5.35. The summed E-state index contributed by atoms with van der Waals surface area (Å²) >= 11 is 0. The summed E-state index contributed by atoms with van der Waals surface area (Å²) in [4.78, 5) is 37.2. The molecular weight excluding hydrogens is 354 g/mol. The van der Waals surface area contributed by atoms with Gasteiger partial charge in [0.25, 0.3) is 0 Å². The number of benzene rings is 1. The summed E-state index contributed by atoms with van der Waals surface area (Å²) in [5, 5.41) is 2.93. The van der Waals surface area contributed by atoms with Crippen LogP contribution in [0.1, 0.15) is 43.5 Å². The van der Waals surface area contributed by atoms with Gasteiger partial charge >= 0.3 is 0 Å². The van der Waals surface area contributed by atoms with Crippen LogP contribution >= 0.6 is 0 Å². The molecule has 1 aromatic heterocycles. The Morgan fingerprint density at radius 3 is 2.86 bits per heavy atom. The largest absolute Gasteiger partial charge is 0.353 e. The minimum absolute atomic E-state index is 0.0146. The van der Waals surface area contributed by atoms with E-state index in [0.29, 0.717) is 19.1 Å². The molecule has 2 amide bonds. The van der Waals surface area contributed by atoms with Gasteiger partial charge in [-0.05, 0) is 31.4 Å². The first-order valence-electron chi connectivity index (χ1n) is 10.2. The molecule has 2 fully saturated rings. The lowest BCUT2D eigenvalue weighted by Gasteiger charge is -2.39. The molecule has 2 aliphatic rings. The summed E-state index contributed by atoms with van der Waals surface area (Å²) in [6.07, 6.45) is 4.92. The number of hydrogen-bond donors (Lipinski definition) is 2. The first kappa shape index (κ1) is 18.9. The van der Waals surface area contributed by atoms with Gasteiger partial charge in [-0.2, -0.15) is 0 Å². The highest BCUT2D eigenvalue weighted by molar-refractivity contribution is 5.89. The lowest BCUT2D eigenvalue weighted by Crippen LogP contribution is -2.59. The van der Waals surface area contributed by atoms with Crippen molar-refractivity contribution in [2.24, 2.45) is 0 Å². The number of carbonyl (C=O) groups is 2. The van der Waals surface area contributed by atoms with Gasteiger partial charge in [0.15, 0.2) is 0 Å². The number of para-hydroxylation sites is 1. The summed E-state index contributed by atoms with van der Waals surface area (Å²) in [5.41, 5.74) is 3.03. The van der Waals surface area contributed by atoms with Crippen molar-refractivity contribution >= 4 is 22.8 Å². The van der Waals surface area contributed by atoms with Crippen molar-refractivity contribution in [3.05, 3.63) is 29.6 Å². The van der Waals surface area contributed by atoms with Gasteiger partial charge in [0.2, 0.25) is 11.8 Å². The highest BCUT2D eigenvalue weighted by Gasteiger charge is 2.37. The van der Waals surface area contributed by atoms with Crippen molar-refractivity contribution < 1.29 is 9.59 Å². The molecule has 2 aromatic rings. The molecule has 1 saturated carbocycles. The number of amides is 2. The van der Waals surface area contributed by atoms with Crippen LogP contribution in [-0.2, 0) is 16.1 Å². The van der Waals surface area contributed by atoms with Gasteiger partial charge in [-0.25, -0.2) is 4.98 Å². The number of carbonyl (C=O) groups excluding carboxylic acids is 2. The smallest absolute Gasteiger partial charge is 0.237 e. The average molecular weight is 383 g/mol. The van der Waals surface area contributed by atoms with E-state index in [1.54, 1.807) is 11.9 Å². The van der Waals surface area contributed by atoms with Crippen LogP contribution in [0, 0.1) is 6.92 Å². The summed E-state index contributed by atoms with van der Waals surface area (Å²) in [6, 6.07) is 6.10. The van der Waals surface area contributed by atoms with Gasteiger partial charge < -0.3 is 15.2 Å². The van der Waals surface area contributed by atoms with Crippen LogP contribution in [0.2, 0.25) is 0 Å². The number of fused-ring (bicyclic) bond motifs is 1. The quantitative estimate of drug-likeness (QED) is 0.827. The Hall–Kier alpha value is -2.41. The number of nitrogens with zero attached hydrogens (tertiary/aromatic N) is 3. The lowest BCUT2D eigenvalue weighted by molar-refractivity contribution is -0.139. The third-order valence-corrected chi connectivity index (χ3v) is 6.11. The number of aromatic amines is 1. The van der Waals surface area contributed by atoms with Crippen LogP contribution in [0.4, 0.5) is 0 Å². The Morgan fingerprint density at radius 2 is 2.11 bits per heavy atom. The van der Waals surface area contributed by atoms with Crippen LogP contribution in [0.15, 0.2) is 18.2 Å². The fourth-order valence-electron chi connectivity index (χ4n) is 4.55. The van der Waals surface area contributed by atoms with Gasteiger partial charge in [0, 0.05) is 26.2 Å². The molecule has 7 nitrogen and oxygen atoms in total. The molecule has 150 valence electrons. The number of rotatable bonds is 5. The zero-order valence-electron chi connectivity index (χ0n) is 16.7. The van der Waals surface area contributed by atoms with Crippen molar-refractivity contribution in [1.29, 1.82) is 0 Å². The average Bonchev–Trinajstić information content (AvgIpc) is 3.33. The number of imidazole rings is 1.